The van der Waals surface area contributed by atoms with Crippen LogP contribution >= 0.6 is 0 Å². The largest absolute Gasteiger partial charge is 0.336 e. The summed E-state index contributed by atoms with van der Waals surface area (Å²) in [5.41, 5.74) is 3.33. The third-order valence-corrected chi connectivity index (χ3v) is 5.73. The Morgan fingerprint density at radius 2 is 2.08 bits per heavy atom. The fraction of sp³-hybridized carbons (Fsp3) is 0.350. The molecule has 3 aromatic rings. The van der Waals surface area contributed by atoms with Gasteiger partial charge >= 0.3 is 0 Å². The van der Waals surface area contributed by atoms with Gasteiger partial charge in [0.25, 0.3) is 5.91 Å². The van der Waals surface area contributed by atoms with E-state index in [1.165, 1.54) is 12.8 Å². The Kier molecular flexibility index (Phi) is 3.17. The molecule has 5 nitrogen and oxygen atoms in total. The van der Waals surface area contributed by atoms with Gasteiger partial charge in [0, 0.05) is 49.2 Å². The van der Waals surface area contributed by atoms with E-state index in [2.05, 4.69) is 14.9 Å². The number of hydrogen-bond donors (Lipinski definition) is 0. The van der Waals surface area contributed by atoms with Crippen molar-refractivity contribution in [3.63, 3.8) is 0 Å². The molecule has 5 rings (SSSR count). The number of likely N-dealkylation sites (tertiary alicyclic amines) is 1. The van der Waals surface area contributed by atoms with Crippen LogP contribution in [0.5, 0.6) is 0 Å². The van der Waals surface area contributed by atoms with Gasteiger partial charge in [-0.05, 0) is 49.4 Å². The second-order valence-electron chi connectivity index (χ2n) is 7.21. The lowest BCUT2D eigenvalue weighted by atomic mass is 10.0. The van der Waals surface area contributed by atoms with E-state index < -0.39 is 0 Å². The maximum Gasteiger partial charge on any atom is 0.256 e. The summed E-state index contributed by atoms with van der Waals surface area (Å²) in [6, 6.07) is 8.18. The first-order valence-corrected chi connectivity index (χ1v) is 8.89. The molecule has 5 heteroatoms. The molecule has 0 N–H and O–H groups in total. The highest BCUT2D eigenvalue weighted by Crippen LogP contribution is 2.39. The first-order valence-electron chi connectivity index (χ1n) is 8.89. The van der Waals surface area contributed by atoms with E-state index in [-0.39, 0.29) is 5.91 Å². The number of hydrogen-bond acceptors (Lipinski definition) is 3. The van der Waals surface area contributed by atoms with Crippen LogP contribution in [0.4, 0.5) is 0 Å². The molecule has 3 aromatic heterocycles. The second kappa shape index (κ2) is 5.41. The third-order valence-electron chi connectivity index (χ3n) is 5.73. The fourth-order valence-electron chi connectivity index (χ4n) is 4.49. The number of aryl methyl sites for hydroxylation is 1. The fourth-order valence-corrected chi connectivity index (χ4v) is 4.49. The lowest BCUT2D eigenvalue weighted by molar-refractivity contribution is 0.0704. The number of carbonyl (C=O) groups excluding carboxylic acids is 1. The van der Waals surface area contributed by atoms with Crippen molar-refractivity contribution in [2.45, 2.75) is 25.3 Å². The van der Waals surface area contributed by atoms with Crippen molar-refractivity contribution >= 4 is 16.9 Å². The average Bonchev–Trinajstić information content (AvgIpc) is 3.37. The molecule has 0 unspecified atom stereocenters. The molecule has 2 fully saturated rings. The van der Waals surface area contributed by atoms with E-state index >= 15 is 0 Å². The third kappa shape index (κ3) is 2.18. The lowest BCUT2D eigenvalue weighted by Crippen LogP contribution is -2.37. The summed E-state index contributed by atoms with van der Waals surface area (Å²) >= 11 is 0. The highest BCUT2D eigenvalue weighted by atomic mass is 16.2. The minimum Gasteiger partial charge on any atom is -0.336 e. The first-order chi connectivity index (χ1) is 12.2. The van der Waals surface area contributed by atoms with Crippen molar-refractivity contribution in [1.29, 1.82) is 0 Å². The van der Waals surface area contributed by atoms with E-state index in [1.807, 2.05) is 42.1 Å². The standard InChI is InChI=1S/C20H20N4O/c1-23-10-7-16-15(6-9-22-19(16)23)18-17(3-2-8-21-18)20(25)24-12-13-4-5-14(24)11-13/h2-3,6-10,13-14H,4-5,11-12H2,1H3/t13-,14+/m1/s1. The van der Waals surface area contributed by atoms with Gasteiger partial charge in [0.05, 0.1) is 11.3 Å². The maximum atomic E-state index is 13.2. The van der Waals surface area contributed by atoms with Crippen LogP contribution in [0.3, 0.4) is 0 Å². The van der Waals surface area contributed by atoms with E-state index in [0.29, 0.717) is 17.5 Å². The molecule has 25 heavy (non-hydrogen) atoms. The van der Waals surface area contributed by atoms with Crippen molar-refractivity contribution in [1.82, 2.24) is 19.4 Å². The minimum absolute atomic E-state index is 0.121. The Balaban J connectivity index is 1.62. The molecule has 4 heterocycles. The van der Waals surface area contributed by atoms with Gasteiger partial charge < -0.3 is 9.47 Å². The Labute approximate surface area is 146 Å². The van der Waals surface area contributed by atoms with E-state index in [9.17, 15) is 4.79 Å². The predicted octanol–water partition coefficient (Wildman–Crippen LogP) is 3.26. The smallest absolute Gasteiger partial charge is 0.256 e. The summed E-state index contributed by atoms with van der Waals surface area (Å²) in [6.45, 7) is 0.898. The Hall–Kier alpha value is -2.69. The highest BCUT2D eigenvalue weighted by Gasteiger charge is 2.41. The number of carbonyl (C=O) groups is 1. The zero-order valence-corrected chi connectivity index (χ0v) is 14.2. The molecule has 0 radical (unpaired) electrons. The van der Waals surface area contributed by atoms with Crippen LogP contribution < -0.4 is 0 Å². The number of piperidine rings is 1. The van der Waals surface area contributed by atoms with Gasteiger partial charge in [-0.2, -0.15) is 0 Å². The van der Waals surface area contributed by atoms with Crippen LogP contribution in [-0.4, -0.2) is 37.9 Å². The van der Waals surface area contributed by atoms with E-state index in [1.54, 1.807) is 12.4 Å². The van der Waals surface area contributed by atoms with Gasteiger partial charge in [0.15, 0.2) is 0 Å². The van der Waals surface area contributed by atoms with E-state index in [0.717, 1.165) is 35.3 Å². The number of aromatic nitrogens is 3. The van der Waals surface area contributed by atoms with Gasteiger partial charge in [-0.3, -0.25) is 9.78 Å². The van der Waals surface area contributed by atoms with Crippen molar-refractivity contribution in [3.8, 4) is 11.3 Å². The molecule has 0 aromatic carbocycles. The molecular weight excluding hydrogens is 312 g/mol. The van der Waals surface area contributed by atoms with Gasteiger partial charge in [-0.1, -0.05) is 0 Å². The molecule has 2 bridgehead atoms. The molecule has 1 aliphatic heterocycles. The molecule has 1 aliphatic carbocycles. The summed E-state index contributed by atoms with van der Waals surface area (Å²) in [4.78, 5) is 24.3. The molecule has 1 amide bonds. The van der Waals surface area contributed by atoms with Crippen LogP contribution in [0, 0.1) is 5.92 Å². The second-order valence-corrected chi connectivity index (χ2v) is 7.21. The number of fused-ring (bicyclic) bond motifs is 3. The predicted molar refractivity (Wildman–Crippen MR) is 96.1 cm³/mol. The minimum atomic E-state index is 0.121. The summed E-state index contributed by atoms with van der Waals surface area (Å²) in [6.07, 6.45) is 9.12. The van der Waals surface area contributed by atoms with Crippen molar-refractivity contribution in [2.24, 2.45) is 13.0 Å². The first kappa shape index (κ1) is 14.6. The van der Waals surface area contributed by atoms with Crippen LogP contribution in [-0.2, 0) is 7.05 Å². The van der Waals surface area contributed by atoms with Crippen LogP contribution in [0.15, 0.2) is 42.9 Å². The Bertz CT molecular complexity index is 977. The van der Waals surface area contributed by atoms with Crippen LogP contribution in [0.1, 0.15) is 29.6 Å². The highest BCUT2D eigenvalue weighted by molar-refractivity contribution is 6.04. The van der Waals surface area contributed by atoms with Crippen molar-refractivity contribution < 1.29 is 4.79 Å². The summed E-state index contributed by atoms with van der Waals surface area (Å²) < 4.78 is 1.99. The summed E-state index contributed by atoms with van der Waals surface area (Å²) in [5, 5.41) is 1.03. The molecule has 1 saturated heterocycles. The number of nitrogens with zero attached hydrogens (tertiary/aromatic N) is 4. The molecule has 2 aliphatic rings. The number of amides is 1. The Morgan fingerprint density at radius 1 is 1.16 bits per heavy atom. The molecule has 2 atom stereocenters. The molecule has 126 valence electrons. The summed E-state index contributed by atoms with van der Waals surface area (Å²) in [7, 11) is 1.98. The number of rotatable bonds is 2. The Morgan fingerprint density at radius 3 is 2.88 bits per heavy atom. The monoisotopic (exact) mass is 332 g/mol. The average molecular weight is 332 g/mol. The van der Waals surface area contributed by atoms with Gasteiger partial charge in [-0.15, -0.1) is 0 Å². The lowest BCUT2D eigenvalue weighted by Gasteiger charge is -2.27. The zero-order valence-electron chi connectivity index (χ0n) is 14.2. The van der Waals surface area contributed by atoms with Crippen molar-refractivity contribution in [3.05, 3.63) is 48.4 Å². The van der Waals surface area contributed by atoms with Gasteiger partial charge in [0.2, 0.25) is 0 Å². The van der Waals surface area contributed by atoms with Gasteiger partial charge in [0.1, 0.15) is 5.65 Å². The summed E-state index contributed by atoms with van der Waals surface area (Å²) in [5.74, 6) is 0.812. The van der Waals surface area contributed by atoms with Crippen molar-refractivity contribution in [2.75, 3.05) is 6.54 Å². The molecule has 0 spiro atoms. The topological polar surface area (TPSA) is 51.0 Å². The van der Waals surface area contributed by atoms with E-state index in [4.69, 9.17) is 0 Å². The molecule has 1 saturated carbocycles. The van der Waals surface area contributed by atoms with Crippen LogP contribution in [0.25, 0.3) is 22.3 Å². The number of pyridine rings is 2. The zero-order chi connectivity index (χ0) is 17.0. The normalized spacial score (nSPS) is 22.0. The van der Waals surface area contributed by atoms with Gasteiger partial charge in [-0.25, -0.2) is 4.98 Å². The maximum absolute atomic E-state index is 13.2. The molecular formula is C20H20N4O. The van der Waals surface area contributed by atoms with Crippen LogP contribution in [0.2, 0.25) is 0 Å². The SMILES string of the molecule is Cn1ccc2c(-c3ncccc3C(=O)N3C[C@@H]4CC[C@H]3C4)ccnc21. The quantitative estimate of drug-likeness (QED) is 0.724.